The lowest BCUT2D eigenvalue weighted by atomic mass is 9.99. The van der Waals surface area contributed by atoms with E-state index in [2.05, 4.69) is 58.0 Å². The van der Waals surface area contributed by atoms with Crippen LogP contribution in [0.4, 0.5) is 5.69 Å². The lowest BCUT2D eigenvalue weighted by Crippen LogP contribution is -2.44. The number of hydrogen-bond donors (Lipinski definition) is 3. The first-order valence-electron chi connectivity index (χ1n) is 13.0. The van der Waals surface area contributed by atoms with Crippen LogP contribution in [-0.2, 0) is 9.53 Å². The molecule has 0 unspecified atom stereocenters. The molecule has 0 spiro atoms. The van der Waals surface area contributed by atoms with Gasteiger partial charge in [-0.15, -0.1) is 11.3 Å². The number of nitrogens with zero attached hydrogens (tertiary/aromatic N) is 2. The second kappa shape index (κ2) is 12.5. The third-order valence-electron chi connectivity index (χ3n) is 6.86. The van der Waals surface area contributed by atoms with Gasteiger partial charge in [0.15, 0.2) is 0 Å². The lowest BCUT2D eigenvalue weighted by molar-refractivity contribution is -0.118. The molecule has 3 N–H and O–H groups in total. The number of hydrogen-bond acceptors (Lipinski definition) is 7. The highest BCUT2D eigenvalue weighted by Gasteiger charge is 2.24. The van der Waals surface area contributed by atoms with Gasteiger partial charge in [-0.2, -0.15) is 5.26 Å². The molecule has 1 amide bonds. The molecule has 1 aliphatic rings. The highest BCUT2D eigenvalue weighted by molar-refractivity contribution is 7.16. The normalized spacial score (nSPS) is 15.1. The Morgan fingerprint density at radius 1 is 1.13 bits per heavy atom. The Bertz CT molecular complexity index is 1350. The Morgan fingerprint density at radius 2 is 1.87 bits per heavy atom. The van der Waals surface area contributed by atoms with Crippen molar-refractivity contribution in [2.24, 2.45) is 0 Å². The minimum absolute atomic E-state index is 0.0370. The molecule has 7 nitrogen and oxygen atoms in total. The van der Waals surface area contributed by atoms with Crippen LogP contribution in [0.5, 0.6) is 0 Å². The molecule has 1 fully saturated rings. The molecule has 0 radical (unpaired) electrons. The first-order chi connectivity index (χ1) is 18.3. The number of allylic oxidation sites excluding steroid dienone is 1. The number of nitriles is 1. The molecular weight excluding hydrogens is 496 g/mol. The highest BCUT2D eigenvalue weighted by Crippen LogP contribution is 2.35. The number of carbonyl (C=O) groups excluding carboxylic acids is 1. The molecule has 0 aliphatic carbocycles. The number of thiophene rings is 1. The molecule has 2 aromatic carbocycles. The van der Waals surface area contributed by atoms with Gasteiger partial charge in [-0.25, -0.2) is 0 Å². The van der Waals surface area contributed by atoms with Crippen LogP contribution in [0.3, 0.4) is 0 Å². The van der Waals surface area contributed by atoms with E-state index in [1.807, 2.05) is 26.0 Å². The van der Waals surface area contributed by atoms with Crippen molar-refractivity contribution in [3.63, 3.8) is 0 Å². The Labute approximate surface area is 228 Å². The number of aliphatic hydroxyl groups excluding tert-OH is 1. The summed E-state index contributed by atoms with van der Waals surface area (Å²) < 4.78 is 5.42. The minimum atomic E-state index is -0.599. The topological polar surface area (TPSA) is 97.6 Å². The van der Waals surface area contributed by atoms with Crippen LogP contribution in [0.1, 0.15) is 32.1 Å². The lowest BCUT2D eigenvalue weighted by Gasteiger charge is -2.26. The quantitative estimate of drug-likeness (QED) is 0.254. The third kappa shape index (κ3) is 7.00. The van der Waals surface area contributed by atoms with Crippen LogP contribution in [0.2, 0.25) is 0 Å². The summed E-state index contributed by atoms with van der Waals surface area (Å²) in [5, 5.41) is 27.7. The zero-order valence-electron chi connectivity index (χ0n) is 22.3. The van der Waals surface area contributed by atoms with E-state index in [0.717, 1.165) is 65.8 Å². The molecule has 1 saturated heterocycles. The van der Waals surface area contributed by atoms with Crippen molar-refractivity contribution in [2.45, 2.75) is 32.7 Å². The van der Waals surface area contributed by atoms with Crippen LogP contribution >= 0.6 is 11.3 Å². The summed E-state index contributed by atoms with van der Waals surface area (Å²) in [6.07, 6.45) is 0.410. The van der Waals surface area contributed by atoms with E-state index < -0.39 is 11.4 Å². The van der Waals surface area contributed by atoms with Crippen LogP contribution in [0, 0.1) is 11.3 Å². The van der Waals surface area contributed by atoms with Gasteiger partial charge in [0.25, 0.3) is 5.91 Å². The van der Waals surface area contributed by atoms with Gasteiger partial charge in [-0.3, -0.25) is 9.69 Å². The third-order valence-corrected chi connectivity index (χ3v) is 8.12. The molecule has 4 rings (SSSR count). The molecule has 1 aliphatic heterocycles. The van der Waals surface area contributed by atoms with Gasteiger partial charge >= 0.3 is 0 Å². The number of benzene rings is 2. The van der Waals surface area contributed by atoms with Gasteiger partial charge in [0.1, 0.15) is 11.6 Å². The van der Waals surface area contributed by atoms with E-state index in [0.29, 0.717) is 12.0 Å². The number of carbonyl (C=O) groups is 1. The standard InChI is InChI=1S/C30H36N4O3S/c1-21(26(20-31)29(36)33-30(2,3)10-15-35)27-8-9-28(38-27)24-5-4-23-19-25(7-6-22(23)18-24)32-11-12-34-13-16-37-17-14-34/h4-9,18-19,32,35H,10-17H2,1-3H3,(H,33,36)/b26-21+. The van der Waals surface area contributed by atoms with Crippen LogP contribution in [0.15, 0.2) is 54.1 Å². The van der Waals surface area contributed by atoms with Crippen LogP contribution < -0.4 is 10.6 Å². The molecule has 200 valence electrons. The number of amides is 1. The van der Waals surface area contributed by atoms with E-state index in [9.17, 15) is 15.2 Å². The summed E-state index contributed by atoms with van der Waals surface area (Å²) in [7, 11) is 0. The molecule has 3 aromatic rings. The largest absolute Gasteiger partial charge is 0.396 e. The SMILES string of the molecule is C/C(=C(/C#N)C(=O)NC(C)(C)CCO)c1ccc(-c2ccc3cc(NCCN4CCOCC4)ccc3c2)s1. The molecule has 0 bridgehead atoms. The fourth-order valence-electron chi connectivity index (χ4n) is 4.53. The summed E-state index contributed by atoms with van der Waals surface area (Å²) in [5.74, 6) is -0.418. The van der Waals surface area contributed by atoms with Crippen molar-refractivity contribution in [3.05, 3.63) is 59.0 Å². The van der Waals surface area contributed by atoms with Crippen molar-refractivity contribution >= 4 is 39.3 Å². The number of morpholine rings is 1. The van der Waals surface area contributed by atoms with Crippen molar-refractivity contribution in [1.82, 2.24) is 10.2 Å². The smallest absolute Gasteiger partial charge is 0.262 e. The maximum absolute atomic E-state index is 12.8. The van der Waals surface area contributed by atoms with Gasteiger partial charge in [-0.1, -0.05) is 18.2 Å². The van der Waals surface area contributed by atoms with Gasteiger partial charge in [0.2, 0.25) is 0 Å². The zero-order chi connectivity index (χ0) is 27.1. The molecule has 2 heterocycles. The summed E-state index contributed by atoms with van der Waals surface area (Å²) in [6.45, 7) is 11.0. The molecule has 38 heavy (non-hydrogen) atoms. The monoisotopic (exact) mass is 532 g/mol. The predicted molar refractivity (Wildman–Crippen MR) is 155 cm³/mol. The number of rotatable bonds is 10. The summed E-state index contributed by atoms with van der Waals surface area (Å²) in [6, 6.07) is 18.9. The van der Waals surface area contributed by atoms with E-state index in [-0.39, 0.29) is 12.2 Å². The number of nitrogens with one attached hydrogen (secondary N) is 2. The Kier molecular flexibility index (Phi) is 9.18. The molecule has 1 aromatic heterocycles. The molecule has 0 atom stereocenters. The van der Waals surface area contributed by atoms with Crippen LogP contribution in [0.25, 0.3) is 26.8 Å². The highest BCUT2D eigenvalue weighted by atomic mass is 32.1. The first-order valence-corrected chi connectivity index (χ1v) is 13.8. The number of aliphatic hydroxyl groups is 1. The average Bonchev–Trinajstić information content (AvgIpc) is 3.39. The minimum Gasteiger partial charge on any atom is -0.396 e. The van der Waals surface area contributed by atoms with Crippen molar-refractivity contribution in [1.29, 1.82) is 5.26 Å². The zero-order valence-corrected chi connectivity index (χ0v) is 23.2. The van der Waals surface area contributed by atoms with E-state index in [1.54, 1.807) is 18.3 Å². The summed E-state index contributed by atoms with van der Waals surface area (Å²) >= 11 is 1.56. The second-order valence-electron chi connectivity index (χ2n) is 10.2. The Morgan fingerprint density at radius 3 is 2.61 bits per heavy atom. The predicted octanol–water partition coefficient (Wildman–Crippen LogP) is 4.89. The number of fused-ring (bicyclic) bond motifs is 1. The van der Waals surface area contributed by atoms with Crippen molar-refractivity contribution in [2.75, 3.05) is 51.3 Å². The molecule has 8 heteroatoms. The van der Waals surface area contributed by atoms with Gasteiger partial charge < -0.3 is 20.5 Å². The van der Waals surface area contributed by atoms with Crippen molar-refractivity contribution in [3.8, 4) is 16.5 Å². The van der Waals surface area contributed by atoms with Gasteiger partial charge in [0, 0.05) is 53.8 Å². The summed E-state index contributed by atoms with van der Waals surface area (Å²) in [5.41, 5.74) is 2.35. The second-order valence-corrected chi connectivity index (χ2v) is 11.3. The molecular formula is C30H36N4O3S. The summed E-state index contributed by atoms with van der Waals surface area (Å²) in [4.78, 5) is 17.2. The average molecular weight is 533 g/mol. The number of anilines is 1. The van der Waals surface area contributed by atoms with E-state index in [4.69, 9.17) is 4.74 Å². The fourth-order valence-corrected chi connectivity index (χ4v) is 5.54. The maximum atomic E-state index is 12.8. The van der Waals surface area contributed by atoms with E-state index in [1.165, 1.54) is 5.39 Å². The Hall–Kier alpha value is -3.22. The van der Waals surface area contributed by atoms with Crippen molar-refractivity contribution < 1.29 is 14.6 Å². The van der Waals surface area contributed by atoms with Gasteiger partial charge in [0.05, 0.1) is 13.2 Å². The van der Waals surface area contributed by atoms with Crippen LogP contribution in [-0.4, -0.2) is 67.5 Å². The Balaban J connectivity index is 1.46. The van der Waals surface area contributed by atoms with Gasteiger partial charge in [-0.05, 0) is 79.4 Å². The fraction of sp³-hybridized carbons (Fsp3) is 0.400. The number of ether oxygens (including phenoxy) is 1. The first kappa shape index (κ1) is 27.8. The van der Waals surface area contributed by atoms with E-state index >= 15 is 0 Å². The molecule has 0 saturated carbocycles. The maximum Gasteiger partial charge on any atom is 0.262 e.